The van der Waals surface area contributed by atoms with Crippen molar-refractivity contribution in [3.05, 3.63) is 35.9 Å². The average molecular weight is 319 g/mol. The van der Waals surface area contributed by atoms with Crippen molar-refractivity contribution in [2.24, 2.45) is 0 Å². The van der Waals surface area contributed by atoms with Gasteiger partial charge in [-0.2, -0.15) is 5.26 Å². The van der Waals surface area contributed by atoms with E-state index in [0.29, 0.717) is 5.56 Å². The Morgan fingerprint density at radius 3 is 2.59 bits per heavy atom. The minimum absolute atomic E-state index is 0.0210. The lowest BCUT2D eigenvalue weighted by Gasteiger charge is -2.09. The van der Waals surface area contributed by atoms with Crippen molar-refractivity contribution < 1.29 is 13.2 Å². The minimum Gasteiger partial charge on any atom is -0.329 e. The fourth-order valence-corrected chi connectivity index (χ4v) is 3.03. The number of carbonyl (C=O) groups excluding carboxylic acids is 1. The molecule has 2 rings (SSSR count). The lowest BCUT2D eigenvalue weighted by Crippen LogP contribution is -2.25. The van der Waals surface area contributed by atoms with Crippen LogP contribution in [0.4, 0.5) is 0 Å². The number of nitrogens with one attached hydrogen (secondary N) is 1. The zero-order valence-corrected chi connectivity index (χ0v) is 13.0. The lowest BCUT2D eigenvalue weighted by atomic mass is 10.2. The van der Waals surface area contributed by atoms with Crippen molar-refractivity contribution in [3.8, 4) is 6.07 Å². The van der Waals surface area contributed by atoms with E-state index in [0.717, 1.165) is 12.8 Å². The molecule has 0 aromatic heterocycles. The van der Waals surface area contributed by atoms with E-state index in [1.54, 1.807) is 18.2 Å². The highest BCUT2D eigenvalue weighted by atomic mass is 32.2. The number of rotatable bonds is 6. The molecule has 7 heteroatoms. The first-order valence-corrected chi connectivity index (χ1v) is 8.33. The van der Waals surface area contributed by atoms with Gasteiger partial charge in [0, 0.05) is 19.2 Å². The van der Waals surface area contributed by atoms with Crippen LogP contribution in [0.2, 0.25) is 0 Å². The minimum atomic E-state index is -3.45. The van der Waals surface area contributed by atoms with Crippen LogP contribution in [0, 0.1) is 11.3 Å². The third-order valence-electron chi connectivity index (χ3n) is 3.19. The molecule has 1 aliphatic rings. The van der Waals surface area contributed by atoms with Crippen LogP contribution in [-0.4, -0.2) is 38.9 Å². The molecule has 0 unspecified atom stereocenters. The van der Waals surface area contributed by atoms with Crippen LogP contribution in [0.5, 0.6) is 0 Å². The summed E-state index contributed by atoms with van der Waals surface area (Å²) >= 11 is 0. The lowest BCUT2D eigenvalue weighted by molar-refractivity contribution is -0.124. The van der Waals surface area contributed by atoms with E-state index in [1.165, 1.54) is 30.2 Å². The first-order valence-electron chi connectivity index (χ1n) is 6.85. The molecule has 0 radical (unpaired) electrons. The van der Waals surface area contributed by atoms with Crippen molar-refractivity contribution in [2.45, 2.75) is 23.8 Å². The summed E-state index contributed by atoms with van der Waals surface area (Å²) in [6.07, 6.45) is 4.71. The van der Waals surface area contributed by atoms with Gasteiger partial charge in [-0.25, -0.2) is 13.1 Å². The molecular formula is C15H17N3O3S. The first kappa shape index (κ1) is 16.2. The Labute approximate surface area is 130 Å². The Morgan fingerprint density at radius 1 is 1.41 bits per heavy atom. The number of hydrogen-bond acceptors (Lipinski definition) is 4. The SMILES string of the molecule is CN(CC#N)C(=O)C=Cc1ccc(S(=O)(=O)NC2CC2)cc1. The summed E-state index contributed by atoms with van der Waals surface area (Å²) in [6.45, 7) is 0.0210. The molecule has 0 atom stereocenters. The van der Waals surface area contributed by atoms with Gasteiger partial charge < -0.3 is 4.90 Å². The van der Waals surface area contributed by atoms with Gasteiger partial charge in [0.05, 0.1) is 11.0 Å². The van der Waals surface area contributed by atoms with E-state index < -0.39 is 10.0 Å². The largest absolute Gasteiger partial charge is 0.329 e. The maximum atomic E-state index is 12.0. The number of nitriles is 1. The summed E-state index contributed by atoms with van der Waals surface area (Å²) < 4.78 is 26.6. The third kappa shape index (κ3) is 4.41. The molecule has 1 fully saturated rings. The quantitative estimate of drug-likeness (QED) is 0.628. The second-order valence-corrected chi connectivity index (χ2v) is 6.86. The molecular weight excluding hydrogens is 302 g/mol. The molecule has 1 aromatic rings. The van der Waals surface area contributed by atoms with Crippen LogP contribution in [0.25, 0.3) is 6.08 Å². The van der Waals surface area contributed by atoms with Crippen LogP contribution in [-0.2, 0) is 14.8 Å². The highest BCUT2D eigenvalue weighted by Gasteiger charge is 2.27. The Hall–Kier alpha value is -2.17. The number of likely N-dealkylation sites (N-methyl/N-ethyl adjacent to an activating group) is 1. The molecule has 1 aliphatic carbocycles. The van der Waals surface area contributed by atoms with Gasteiger partial charge in [-0.05, 0) is 36.6 Å². The summed E-state index contributed by atoms with van der Waals surface area (Å²) in [7, 11) is -1.91. The molecule has 6 nitrogen and oxygen atoms in total. The highest BCUT2D eigenvalue weighted by molar-refractivity contribution is 7.89. The molecule has 1 saturated carbocycles. The predicted molar refractivity (Wildman–Crippen MR) is 82.1 cm³/mol. The third-order valence-corrected chi connectivity index (χ3v) is 4.73. The van der Waals surface area contributed by atoms with E-state index in [9.17, 15) is 13.2 Å². The topological polar surface area (TPSA) is 90.3 Å². The van der Waals surface area contributed by atoms with E-state index in [2.05, 4.69) is 4.72 Å². The smallest absolute Gasteiger partial charge is 0.247 e. The Kier molecular flexibility index (Phi) is 4.96. The molecule has 0 aliphatic heterocycles. The molecule has 22 heavy (non-hydrogen) atoms. The molecule has 0 bridgehead atoms. The maximum absolute atomic E-state index is 12.0. The van der Waals surface area contributed by atoms with Gasteiger partial charge in [-0.15, -0.1) is 0 Å². The van der Waals surface area contributed by atoms with Gasteiger partial charge in [-0.1, -0.05) is 12.1 Å². The normalized spacial score (nSPS) is 14.7. The fourth-order valence-electron chi connectivity index (χ4n) is 1.73. The Morgan fingerprint density at radius 2 is 2.05 bits per heavy atom. The van der Waals surface area contributed by atoms with Crippen molar-refractivity contribution in [2.75, 3.05) is 13.6 Å². The molecule has 0 heterocycles. The summed E-state index contributed by atoms with van der Waals surface area (Å²) in [5, 5.41) is 8.51. The summed E-state index contributed by atoms with van der Waals surface area (Å²) in [5.74, 6) is -0.284. The van der Waals surface area contributed by atoms with Gasteiger partial charge in [0.1, 0.15) is 6.54 Å². The van der Waals surface area contributed by atoms with Crippen LogP contribution in [0.3, 0.4) is 0 Å². The van der Waals surface area contributed by atoms with Crippen molar-refractivity contribution in [1.82, 2.24) is 9.62 Å². The van der Waals surface area contributed by atoms with E-state index in [-0.39, 0.29) is 23.4 Å². The van der Waals surface area contributed by atoms with E-state index >= 15 is 0 Å². The number of amides is 1. The summed E-state index contributed by atoms with van der Waals surface area (Å²) in [6, 6.07) is 8.24. The Bertz CT molecular complexity index is 713. The number of sulfonamides is 1. The molecule has 116 valence electrons. The standard InChI is InChI=1S/C15H17N3O3S/c1-18(11-10-16)15(19)9-4-12-2-7-14(8-3-12)22(20,21)17-13-5-6-13/h2-4,7-9,13,17H,5-6,11H2,1H3. The van der Waals surface area contributed by atoms with Gasteiger partial charge in [0.2, 0.25) is 15.9 Å². The van der Waals surface area contributed by atoms with Crippen LogP contribution < -0.4 is 4.72 Å². The predicted octanol–water partition coefficient (Wildman–Crippen LogP) is 1.12. The Balaban J connectivity index is 2.03. The highest BCUT2D eigenvalue weighted by Crippen LogP contribution is 2.22. The van der Waals surface area contributed by atoms with Gasteiger partial charge in [-0.3, -0.25) is 4.79 Å². The maximum Gasteiger partial charge on any atom is 0.247 e. The van der Waals surface area contributed by atoms with Crippen molar-refractivity contribution in [3.63, 3.8) is 0 Å². The van der Waals surface area contributed by atoms with Crippen molar-refractivity contribution >= 4 is 22.0 Å². The summed E-state index contributed by atoms with van der Waals surface area (Å²) in [4.78, 5) is 13.1. The van der Waals surface area contributed by atoms with E-state index in [4.69, 9.17) is 5.26 Å². The molecule has 1 amide bonds. The number of nitrogens with zero attached hydrogens (tertiary/aromatic N) is 2. The van der Waals surface area contributed by atoms with E-state index in [1.807, 2.05) is 6.07 Å². The second kappa shape index (κ2) is 6.73. The molecule has 0 saturated heterocycles. The molecule has 1 aromatic carbocycles. The van der Waals surface area contributed by atoms with Gasteiger partial charge in [0.15, 0.2) is 0 Å². The first-order chi connectivity index (χ1) is 10.4. The summed E-state index contributed by atoms with van der Waals surface area (Å²) in [5.41, 5.74) is 0.712. The number of benzene rings is 1. The molecule has 0 spiro atoms. The molecule has 1 N–H and O–H groups in total. The number of hydrogen-bond donors (Lipinski definition) is 1. The monoisotopic (exact) mass is 319 g/mol. The van der Waals surface area contributed by atoms with Gasteiger partial charge >= 0.3 is 0 Å². The van der Waals surface area contributed by atoms with Crippen LogP contribution >= 0.6 is 0 Å². The second-order valence-electron chi connectivity index (χ2n) is 5.15. The van der Waals surface area contributed by atoms with Crippen LogP contribution in [0.1, 0.15) is 18.4 Å². The van der Waals surface area contributed by atoms with Crippen LogP contribution in [0.15, 0.2) is 35.2 Å². The zero-order valence-electron chi connectivity index (χ0n) is 12.2. The number of carbonyl (C=O) groups is 1. The van der Waals surface area contributed by atoms with Gasteiger partial charge in [0.25, 0.3) is 0 Å². The zero-order chi connectivity index (χ0) is 16.2. The average Bonchev–Trinajstić information content (AvgIpc) is 3.28. The fraction of sp³-hybridized carbons (Fsp3) is 0.333. The van der Waals surface area contributed by atoms with Crippen molar-refractivity contribution in [1.29, 1.82) is 5.26 Å².